The molecule has 0 saturated heterocycles. The quantitative estimate of drug-likeness (QED) is 0.345. The van der Waals surface area contributed by atoms with E-state index < -0.39 is 0 Å². The Morgan fingerprint density at radius 3 is 2.12 bits per heavy atom. The van der Waals surface area contributed by atoms with Crippen molar-refractivity contribution in [2.45, 2.75) is 80.6 Å². The SMILES string of the molecule is C=C(C)/C(C(=O)OCC)=C(\C1=C(C)CC(C)(C)CC1=O)C1CC1.CCC. The molecule has 0 bridgehead atoms. The van der Waals surface area contributed by atoms with Crippen molar-refractivity contribution in [3.63, 3.8) is 0 Å². The molecule has 146 valence electrons. The molecule has 0 atom stereocenters. The van der Waals surface area contributed by atoms with Crippen LogP contribution in [0.25, 0.3) is 0 Å². The second-order valence-electron chi connectivity index (χ2n) is 8.37. The molecule has 2 rings (SSSR count). The van der Waals surface area contributed by atoms with E-state index in [2.05, 4.69) is 34.3 Å². The highest BCUT2D eigenvalue weighted by Crippen LogP contribution is 2.48. The van der Waals surface area contributed by atoms with Crippen molar-refractivity contribution in [2.75, 3.05) is 6.61 Å². The van der Waals surface area contributed by atoms with Crippen LogP contribution in [0.2, 0.25) is 0 Å². The summed E-state index contributed by atoms with van der Waals surface area (Å²) < 4.78 is 5.23. The van der Waals surface area contributed by atoms with Crippen LogP contribution >= 0.6 is 0 Å². The van der Waals surface area contributed by atoms with Crippen LogP contribution in [-0.4, -0.2) is 18.4 Å². The largest absolute Gasteiger partial charge is 0.462 e. The first-order valence-electron chi connectivity index (χ1n) is 9.90. The van der Waals surface area contributed by atoms with Crippen molar-refractivity contribution in [3.8, 4) is 0 Å². The zero-order valence-corrected chi connectivity index (χ0v) is 17.8. The van der Waals surface area contributed by atoms with Gasteiger partial charge in [0.15, 0.2) is 5.78 Å². The number of hydrogen-bond acceptors (Lipinski definition) is 3. The van der Waals surface area contributed by atoms with Crippen molar-refractivity contribution in [1.29, 1.82) is 0 Å². The number of esters is 1. The van der Waals surface area contributed by atoms with Gasteiger partial charge >= 0.3 is 5.97 Å². The van der Waals surface area contributed by atoms with Gasteiger partial charge in [-0.1, -0.05) is 46.3 Å². The van der Waals surface area contributed by atoms with Crippen LogP contribution in [0.3, 0.4) is 0 Å². The third kappa shape index (κ3) is 5.69. The zero-order chi connectivity index (χ0) is 20.1. The fourth-order valence-electron chi connectivity index (χ4n) is 3.63. The van der Waals surface area contributed by atoms with Gasteiger partial charge in [-0.15, -0.1) is 0 Å². The highest BCUT2D eigenvalue weighted by Gasteiger charge is 2.40. The van der Waals surface area contributed by atoms with E-state index in [1.54, 1.807) is 6.92 Å². The summed E-state index contributed by atoms with van der Waals surface area (Å²) in [5.41, 5.74) is 3.97. The van der Waals surface area contributed by atoms with Gasteiger partial charge in [-0.05, 0) is 62.5 Å². The third-order valence-corrected chi connectivity index (χ3v) is 4.52. The van der Waals surface area contributed by atoms with Crippen molar-refractivity contribution >= 4 is 11.8 Å². The van der Waals surface area contributed by atoms with E-state index in [0.717, 1.165) is 36.0 Å². The molecule has 0 unspecified atom stereocenters. The molecular weight excluding hydrogens is 324 g/mol. The third-order valence-electron chi connectivity index (χ3n) is 4.52. The smallest absolute Gasteiger partial charge is 0.338 e. The van der Waals surface area contributed by atoms with Gasteiger partial charge < -0.3 is 4.74 Å². The maximum Gasteiger partial charge on any atom is 0.338 e. The zero-order valence-electron chi connectivity index (χ0n) is 17.8. The van der Waals surface area contributed by atoms with E-state index in [-0.39, 0.29) is 17.2 Å². The summed E-state index contributed by atoms with van der Waals surface area (Å²) >= 11 is 0. The molecule has 0 amide bonds. The number of ketones is 1. The Morgan fingerprint density at radius 2 is 1.73 bits per heavy atom. The Balaban J connectivity index is 0.00000105. The number of carbonyl (C=O) groups is 2. The summed E-state index contributed by atoms with van der Waals surface area (Å²) in [5, 5.41) is 0. The molecule has 0 N–H and O–H groups in total. The van der Waals surface area contributed by atoms with Gasteiger partial charge in [0.05, 0.1) is 12.2 Å². The lowest BCUT2D eigenvalue weighted by Gasteiger charge is -2.32. The molecule has 2 aliphatic rings. The predicted octanol–water partition coefficient (Wildman–Crippen LogP) is 5.95. The summed E-state index contributed by atoms with van der Waals surface area (Å²) in [7, 11) is 0. The van der Waals surface area contributed by atoms with Crippen LogP contribution in [0.15, 0.2) is 34.4 Å². The minimum absolute atomic E-state index is 0.00730. The monoisotopic (exact) mass is 360 g/mol. The van der Waals surface area contributed by atoms with Crippen LogP contribution in [0.1, 0.15) is 80.6 Å². The van der Waals surface area contributed by atoms with Crippen LogP contribution in [0.4, 0.5) is 0 Å². The maximum atomic E-state index is 12.8. The normalized spacial score (nSPS) is 20.0. The van der Waals surface area contributed by atoms with E-state index in [1.807, 2.05) is 13.8 Å². The first kappa shape index (κ1) is 22.4. The lowest BCUT2D eigenvalue weighted by molar-refractivity contribution is -0.138. The Bertz CT molecular complexity index is 628. The highest BCUT2D eigenvalue weighted by molar-refractivity contribution is 6.05. The van der Waals surface area contributed by atoms with Crippen molar-refractivity contribution in [2.24, 2.45) is 11.3 Å². The van der Waals surface area contributed by atoms with E-state index in [0.29, 0.717) is 30.1 Å². The molecule has 26 heavy (non-hydrogen) atoms. The van der Waals surface area contributed by atoms with Crippen LogP contribution in [0, 0.1) is 11.3 Å². The molecule has 2 aliphatic carbocycles. The minimum Gasteiger partial charge on any atom is -0.462 e. The highest BCUT2D eigenvalue weighted by atomic mass is 16.5. The first-order valence-corrected chi connectivity index (χ1v) is 9.90. The van der Waals surface area contributed by atoms with E-state index >= 15 is 0 Å². The van der Waals surface area contributed by atoms with Gasteiger partial charge in [0.1, 0.15) is 0 Å². The lowest BCUT2D eigenvalue weighted by atomic mass is 9.71. The van der Waals surface area contributed by atoms with E-state index in [9.17, 15) is 9.59 Å². The van der Waals surface area contributed by atoms with Gasteiger partial charge in [-0.3, -0.25) is 4.79 Å². The average Bonchev–Trinajstić information content (AvgIpc) is 3.29. The van der Waals surface area contributed by atoms with Crippen molar-refractivity contribution < 1.29 is 14.3 Å². The lowest BCUT2D eigenvalue weighted by Crippen LogP contribution is -2.27. The maximum absolute atomic E-state index is 12.8. The topological polar surface area (TPSA) is 43.4 Å². The van der Waals surface area contributed by atoms with Crippen LogP contribution in [0.5, 0.6) is 0 Å². The first-order chi connectivity index (χ1) is 12.1. The Morgan fingerprint density at radius 1 is 1.19 bits per heavy atom. The summed E-state index contributed by atoms with van der Waals surface area (Å²) in [5.74, 6) is 0.102. The van der Waals surface area contributed by atoms with E-state index in [4.69, 9.17) is 4.74 Å². The van der Waals surface area contributed by atoms with E-state index in [1.165, 1.54) is 6.42 Å². The molecular formula is C23H36O3. The minimum atomic E-state index is -0.347. The Kier molecular flexibility index (Phi) is 8.05. The van der Waals surface area contributed by atoms with Crippen molar-refractivity contribution in [3.05, 3.63) is 34.4 Å². The molecule has 0 aromatic rings. The number of Topliss-reactive ketones (excluding diaryl/α,β-unsaturated/α-hetero) is 1. The second-order valence-corrected chi connectivity index (χ2v) is 8.37. The molecule has 0 aromatic carbocycles. The van der Waals surface area contributed by atoms with Crippen LogP contribution < -0.4 is 0 Å². The molecule has 0 heterocycles. The number of ether oxygens (including phenoxy) is 1. The second kappa shape index (κ2) is 9.34. The summed E-state index contributed by atoms with van der Waals surface area (Å²) in [6.07, 6.45) is 4.72. The molecule has 0 aromatic heterocycles. The Labute approximate surface area is 159 Å². The molecule has 3 heteroatoms. The molecule has 0 aliphatic heterocycles. The average molecular weight is 361 g/mol. The van der Waals surface area contributed by atoms with Gasteiger partial charge in [0, 0.05) is 12.0 Å². The fourth-order valence-corrected chi connectivity index (χ4v) is 3.63. The predicted molar refractivity (Wildman–Crippen MR) is 108 cm³/mol. The summed E-state index contributed by atoms with van der Waals surface area (Å²) in [6.45, 7) is 18.4. The number of hydrogen-bond donors (Lipinski definition) is 0. The van der Waals surface area contributed by atoms with Crippen molar-refractivity contribution in [1.82, 2.24) is 0 Å². The fraction of sp³-hybridized carbons (Fsp3) is 0.652. The van der Waals surface area contributed by atoms with Gasteiger partial charge in [0.2, 0.25) is 0 Å². The Hall–Kier alpha value is -1.64. The molecule has 1 fully saturated rings. The molecule has 1 saturated carbocycles. The number of allylic oxidation sites excluding steroid dienone is 3. The molecule has 3 nitrogen and oxygen atoms in total. The van der Waals surface area contributed by atoms with Gasteiger partial charge in [0.25, 0.3) is 0 Å². The number of rotatable bonds is 5. The molecule has 0 radical (unpaired) electrons. The van der Waals surface area contributed by atoms with Gasteiger partial charge in [-0.25, -0.2) is 4.79 Å². The standard InChI is InChI=1S/C20H28O3.C3H8/c1-7-23-19(22)16(12(2)3)18(14-8-9-14)17-13(4)10-20(5,6)11-15(17)21;1-3-2/h14H,2,7-11H2,1,3-6H3;3H2,1-2H3/b18-16+;. The molecule has 0 spiro atoms. The summed E-state index contributed by atoms with van der Waals surface area (Å²) in [4.78, 5) is 25.3. The van der Waals surface area contributed by atoms with Crippen LogP contribution in [-0.2, 0) is 14.3 Å². The number of carbonyl (C=O) groups excluding carboxylic acids is 2. The summed E-state index contributed by atoms with van der Waals surface area (Å²) in [6, 6.07) is 0. The van der Waals surface area contributed by atoms with Gasteiger partial charge in [-0.2, -0.15) is 0 Å².